The molecule has 0 aliphatic rings. The minimum absolute atomic E-state index is 0.0830. The lowest BCUT2D eigenvalue weighted by molar-refractivity contribution is -0.167. The summed E-state index contributed by atoms with van der Waals surface area (Å²) in [6.07, 6.45) is 86.9. The molecule has 0 amide bonds. The number of carbonyl (C=O) groups excluding carboxylic acids is 3. The van der Waals surface area contributed by atoms with Crippen LogP contribution in [0.4, 0.5) is 0 Å². The van der Waals surface area contributed by atoms with Crippen LogP contribution in [-0.2, 0) is 28.6 Å². The number of hydrogen-bond donors (Lipinski definition) is 0. The molecule has 1 unspecified atom stereocenters. The number of rotatable bonds is 59. The molecule has 0 aliphatic carbocycles. The zero-order valence-electron chi connectivity index (χ0n) is 50.7. The molecule has 6 heteroatoms. The van der Waals surface area contributed by atoms with Gasteiger partial charge in [-0.3, -0.25) is 14.4 Å². The highest BCUT2D eigenvalue weighted by Crippen LogP contribution is 2.16. The van der Waals surface area contributed by atoms with Crippen LogP contribution in [0.15, 0.2) is 97.2 Å². The molecule has 1 atom stereocenters. The van der Waals surface area contributed by atoms with Gasteiger partial charge in [0.1, 0.15) is 13.2 Å². The van der Waals surface area contributed by atoms with Crippen molar-refractivity contribution < 1.29 is 28.6 Å². The van der Waals surface area contributed by atoms with Crippen LogP contribution >= 0.6 is 0 Å². The Morgan fingerprint density at radius 2 is 0.506 bits per heavy atom. The molecule has 0 spiro atoms. The van der Waals surface area contributed by atoms with Crippen LogP contribution < -0.4 is 0 Å². The van der Waals surface area contributed by atoms with Crippen molar-refractivity contribution in [2.24, 2.45) is 0 Å². The monoisotopic (exact) mass is 1070 g/mol. The Labute approximate surface area is 477 Å². The molecule has 0 fully saturated rings. The molecule has 6 nitrogen and oxygen atoms in total. The molecule has 0 saturated carbocycles. The fourth-order valence-electron chi connectivity index (χ4n) is 9.18. The number of ether oxygens (including phenoxy) is 3. The molecule has 442 valence electrons. The van der Waals surface area contributed by atoms with Crippen molar-refractivity contribution in [1.82, 2.24) is 0 Å². The number of esters is 3. The van der Waals surface area contributed by atoms with Gasteiger partial charge in [-0.2, -0.15) is 0 Å². The van der Waals surface area contributed by atoms with E-state index in [0.29, 0.717) is 19.3 Å². The van der Waals surface area contributed by atoms with Gasteiger partial charge in [0, 0.05) is 19.3 Å². The Morgan fingerprint density at radius 1 is 0.273 bits per heavy atom. The van der Waals surface area contributed by atoms with Gasteiger partial charge in [0.05, 0.1) is 0 Å². The zero-order valence-corrected chi connectivity index (χ0v) is 50.7. The third-order valence-electron chi connectivity index (χ3n) is 14.1. The third-order valence-corrected chi connectivity index (χ3v) is 14.1. The van der Waals surface area contributed by atoms with Gasteiger partial charge >= 0.3 is 17.9 Å². The molecule has 0 aromatic rings. The highest BCUT2D eigenvalue weighted by Gasteiger charge is 2.19. The number of carbonyl (C=O) groups is 3. The van der Waals surface area contributed by atoms with Gasteiger partial charge in [-0.15, -0.1) is 0 Å². The van der Waals surface area contributed by atoms with Crippen LogP contribution in [0.1, 0.15) is 316 Å². The van der Waals surface area contributed by atoms with E-state index >= 15 is 0 Å². The first-order valence-electron chi connectivity index (χ1n) is 32.7. The molecule has 77 heavy (non-hydrogen) atoms. The Bertz CT molecular complexity index is 1510. The summed E-state index contributed by atoms with van der Waals surface area (Å²) in [7, 11) is 0. The SMILES string of the molecule is CC/C=C\C/C=C\C/C=C\C/C=C\C/C=C\C/C=C\CCCCCCCCC(=O)OCC(COC(=O)CCCCCCCCCCCCCCCCCCC)OC(=O)CCCCCCCCC/C=C\C/C=C\CCCCC. The van der Waals surface area contributed by atoms with E-state index in [1.807, 2.05) is 0 Å². The van der Waals surface area contributed by atoms with Gasteiger partial charge in [-0.1, -0.05) is 291 Å². The maximum absolute atomic E-state index is 12.9. The van der Waals surface area contributed by atoms with Crippen LogP contribution in [0.5, 0.6) is 0 Å². The molecular weight excluding hydrogens is 949 g/mol. The molecule has 0 N–H and O–H groups in total. The van der Waals surface area contributed by atoms with Crippen molar-refractivity contribution in [3.05, 3.63) is 97.2 Å². The Balaban J connectivity index is 4.39. The lowest BCUT2D eigenvalue weighted by Crippen LogP contribution is -2.30. The first-order chi connectivity index (χ1) is 38.0. The Morgan fingerprint density at radius 3 is 0.818 bits per heavy atom. The van der Waals surface area contributed by atoms with Gasteiger partial charge in [0.25, 0.3) is 0 Å². The third kappa shape index (κ3) is 63.0. The summed E-state index contributed by atoms with van der Waals surface area (Å²) < 4.78 is 16.9. The first kappa shape index (κ1) is 73.3. The summed E-state index contributed by atoms with van der Waals surface area (Å²) >= 11 is 0. The summed E-state index contributed by atoms with van der Waals surface area (Å²) in [4.78, 5) is 38.4. The molecule has 0 aromatic heterocycles. The van der Waals surface area contributed by atoms with Gasteiger partial charge in [0.2, 0.25) is 0 Å². The van der Waals surface area contributed by atoms with E-state index in [0.717, 1.165) is 122 Å². The highest BCUT2D eigenvalue weighted by molar-refractivity contribution is 5.71. The van der Waals surface area contributed by atoms with E-state index in [2.05, 4.69) is 118 Å². The summed E-state index contributed by atoms with van der Waals surface area (Å²) in [5, 5.41) is 0. The average Bonchev–Trinajstić information content (AvgIpc) is 3.43. The van der Waals surface area contributed by atoms with Crippen LogP contribution in [0.25, 0.3) is 0 Å². The summed E-state index contributed by atoms with van der Waals surface area (Å²) in [5.41, 5.74) is 0. The molecule has 0 aromatic carbocycles. The molecule has 0 saturated heterocycles. The maximum atomic E-state index is 12.9. The standard InChI is InChI=1S/C71H122O6/c1-4-7-10-13-16-19-22-25-28-31-32-33-34-35-36-37-38-41-43-46-49-52-55-58-61-64-70(73)76-67-68(77-71(74)65-62-59-56-53-50-47-44-40-30-27-24-21-18-15-12-9-6-3)66-75-69(72)63-60-57-54-51-48-45-42-39-29-26-23-20-17-14-11-8-5-2/h7,10,16,18-19,21,25,27-28,30,32-33,35-36,38,41,68H,4-6,8-9,11-15,17,20,22-24,26,29,31,34,37,39-40,42-67H2,1-3H3/b10-7-,19-16-,21-18-,28-25-,30-27-,33-32-,36-35-,41-38-. The topological polar surface area (TPSA) is 78.9 Å². The van der Waals surface area contributed by atoms with Gasteiger partial charge < -0.3 is 14.2 Å². The van der Waals surface area contributed by atoms with Crippen LogP contribution in [0, 0.1) is 0 Å². The summed E-state index contributed by atoms with van der Waals surface area (Å²) in [6.45, 7) is 6.52. The van der Waals surface area contributed by atoms with E-state index < -0.39 is 6.10 Å². The van der Waals surface area contributed by atoms with Crippen LogP contribution in [0.3, 0.4) is 0 Å². The number of allylic oxidation sites excluding steroid dienone is 16. The fourth-order valence-corrected chi connectivity index (χ4v) is 9.18. The minimum Gasteiger partial charge on any atom is -0.462 e. The van der Waals surface area contributed by atoms with Gasteiger partial charge in [-0.05, 0) is 103 Å². The Hall–Kier alpha value is -3.67. The van der Waals surface area contributed by atoms with Gasteiger partial charge in [-0.25, -0.2) is 0 Å². The second-order valence-electron chi connectivity index (χ2n) is 21.6. The van der Waals surface area contributed by atoms with Crippen molar-refractivity contribution >= 4 is 17.9 Å². The minimum atomic E-state index is -0.789. The van der Waals surface area contributed by atoms with E-state index in [4.69, 9.17) is 14.2 Å². The van der Waals surface area contributed by atoms with Crippen LogP contribution in [0.2, 0.25) is 0 Å². The van der Waals surface area contributed by atoms with E-state index in [1.165, 1.54) is 154 Å². The van der Waals surface area contributed by atoms with E-state index in [9.17, 15) is 14.4 Å². The quantitative estimate of drug-likeness (QED) is 0.0261. The van der Waals surface area contributed by atoms with Gasteiger partial charge in [0.15, 0.2) is 6.10 Å². The molecule has 0 rings (SSSR count). The van der Waals surface area contributed by atoms with Crippen molar-refractivity contribution in [3.63, 3.8) is 0 Å². The Kier molecular flexibility index (Phi) is 61.8. The van der Waals surface area contributed by atoms with Crippen LogP contribution in [-0.4, -0.2) is 37.2 Å². The summed E-state index contributed by atoms with van der Waals surface area (Å²) in [5.74, 6) is -0.893. The van der Waals surface area contributed by atoms with E-state index in [1.54, 1.807) is 0 Å². The fraction of sp³-hybridized carbons (Fsp3) is 0.732. The van der Waals surface area contributed by atoms with Crippen molar-refractivity contribution in [2.45, 2.75) is 322 Å². The summed E-state index contributed by atoms with van der Waals surface area (Å²) in [6, 6.07) is 0. The number of unbranched alkanes of at least 4 members (excludes halogenated alkanes) is 32. The van der Waals surface area contributed by atoms with Crippen molar-refractivity contribution in [2.75, 3.05) is 13.2 Å². The lowest BCUT2D eigenvalue weighted by atomic mass is 10.0. The molecular formula is C71H122O6. The molecule has 0 aliphatic heterocycles. The normalized spacial score (nSPS) is 12.7. The largest absolute Gasteiger partial charge is 0.462 e. The smallest absolute Gasteiger partial charge is 0.306 e. The number of hydrogen-bond acceptors (Lipinski definition) is 6. The second-order valence-corrected chi connectivity index (χ2v) is 21.6. The van der Waals surface area contributed by atoms with Crippen molar-refractivity contribution in [1.29, 1.82) is 0 Å². The average molecular weight is 1070 g/mol. The highest BCUT2D eigenvalue weighted by atomic mass is 16.6. The first-order valence-corrected chi connectivity index (χ1v) is 32.7. The predicted octanol–water partition coefficient (Wildman–Crippen LogP) is 22.4. The molecule has 0 bridgehead atoms. The molecule has 0 heterocycles. The van der Waals surface area contributed by atoms with E-state index in [-0.39, 0.29) is 31.1 Å². The predicted molar refractivity (Wildman–Crippen MR) is 334 cm³/mol. The zero-order chi connectivity index (χ0) is 55.7. The lowest BCUT2D eigenvalue weighted by Gasteiger charge is -2.18. The van der Waals surface area contributed by atoms with Crippen molar-refractivity contribution in [3.8, 4) is 0 Å². The molecule has 0 radical (unpaired) electrons. The maximum Gasteiger partial charge on any atom is 0.306 e. The second kappa shape index (κ2) is 64.9.